The summed E-state index contributed by atoms with van der Waals surface area (Å²) < 4.78 is 1.92. The van der Waals surface area contributed by atoms with Gasteiger partial charge >= 0.3 is 0 Å². The molecular weight excluding hydrogens is 270 g/mol. The lowest BCUT2D eigenvalue weighted by Gasteiger charge is -2.30. The number of nitrogens with zero attached hydrogens (tertiary/aromatic N) is 3. The summed E-state index contributed by atoms with van der Waals surface area (Å²) in [7, 11) is 0. The predicted molar refractivity (Wildman–Crippen MR) is 81.6 cm³/mol. The molecule has 0 unspecified atom stereocenters. The van der Waals surface area contributed by atoms with Crippen LogP contribution < -0.4 is 10.6 Å². The molecule has 2 aliphatic rings. The van der Waals surface area contributed by atoms with Gasteiger partial charge in [0.25, 0.3) is 0 Å². The van der Waals surface area contributed by atoms with E-state index in [1.807, 2.05) is 17.0 Å². The van der Waals surface area contributed by atoms with E-state index in [4.69, 9.17) is 0 Å². The number of hydrogen-bond donors (Lipinski definition) is 2. The number of hydrogen-bond acceptors (Lipinski definition) is 5. The highest BCUT2D eigenvalue weighted by Crippen LogP contribution is 2.39. The molecule has 2 heterocycles. The smallest absolute Gasteiger partial charge is 0.228 e. The van der Waals surface area contributed by atoms with Crippen LogP contribution in [0.15, 0.2) is 29.4 Å². The first-order valence-corrected chi connectivity index (χ1v) is 8.19. The van der Waals surface area contributed by atoms with E-state index in [0.717, 1.165) is 35.3 Å². The fourth-order valence-electron chi connectivity index (χ4n) is 3.12. The first-order chi connectivity index (χ1) is 9.80. The number of para-hydroxylation sites is 2. The molecule has 1 spiro atoms. The molecule has 0 radical (unpaired) electrons. The van der Waals surface area contributed by atoms with Crippen molar-refractivity contribution in [1.29, 1.82) is 0 Å². The zero-order valence-electron chi connectivity index (χ0n) is 11.4. The van der Waals surface area contributed by atoms with Crippen LogP contribution in [0.4, 0.5) is 11.6 Å². The Labute approximate surface area is 122 Å². The lowest BCUT2D eigenvalue weighted by molar-refractivity contribution is 0.547. The van der Waals surface area contributed by atoms with E-state index in [1.54, 1.807) is 11.8 Å². The van der Waals surface area contributed by atoms with Crippen molar-refractivity contribution in [2.45, 2.75) is 36.5 Å². The van der Waals surface area contributed by atoms with Crippen LogP contribution in [0.25, 0.3) is 5.69 Å². The molecule has 1 saturated carbocycles. The highest BCUT2D eigenvalue weighted by atomic mass is 32.2. The van der Waals surface area contributed by atoms with Crippen LogP contribution in [0.3, 0.4) is 0 Å². The zero-order chi connectivity index (χ0) is 13.6. The summed E-state index contributed by atoms with van der Waals surface area (Å²) in [6.45, 7) is 0. The minimum Gasteiger partial charge on any atom is -0.361 e. The molecule has 2 aromatic rings. The Kier molecular flexibility index (Phi) is 2.66. The molecule has 0 saturated heterocycles. The van der Waals surface area contributed by atoms with Crippen LogP contribution in [0, 0.1) is 0 Å². The molecular formula is C14H17N5S. The van der Waals surface area contributed by atoms with E-state index >= 15 is 0 Å². The highest BCUT2D eigenvalue weighted by Gasteiger charge is 2.38. The number of aromatic nitrogens is 3. The van der Waals surface area contributed by atoms with E-state index in [2.05, 4.69) is 38.9 Å². The molecule has 5 nitrogen and oxygen atoms in total. The molecule has 6 heteroatoms. The van der Waals surface area contributed by atoms with E-state index in [0.29, 0.717) is 0 Å². The Bertz CT molecular complexity index is 645. The second kappa shape index (κ2) is 4.41. The van der Waals surface area contributed by atoms with Gasteiger partial charge in [-0.3, -0.25) is 0 Å². The van der Waals surface area contributed by atoms with Crippen LogP contribution in [0.1, 0.15) is 25.7 Å². The lowest BCUT2D eigenvalue weighted by Crippen LogP contribution is -2.43. The molecule has 20 heavy (non-hydrogen) atoms. The summed E-state index contributed by atoms with van der Waals surface area (Å²) >= 11 is 1.57. The quantitative estimate of drug-likeness (QED) is 0.789. The number of anilines is 2. The van der Waals surface area contributed by atoms with Gasteiger partial charge in [0.2, 0.25) is 11.1 Å². The van der Waals surface area contributed by atoms with Gasteiger partial charge in [-0.1, -0.05) is 23.9 Å². The van der Waals surface area contributed by atoms with Gasteiger partial charge in [0.05, 0.1) is 11.4 Å². The minimum absolute atomic E-state index is 0.0763. The summed E-state index contributed by atoms with van der Waals surface area (Å²) in [5, 5.41) is 12.7. The van der Waals surface area contributed by atoms with Crippen molar-refractivity contribution < 1.29 is 0 Å². The van der Waals surface area contributed by atoms with Crippen molar-refractivity contribution in [2.75, 3.05) is 16.9 Å². The first kappa shape index (κ1) is 12.1. The monoisotopic (exact) mass is 287 g/mol. The van der Waals surface area contributed by atoms with Gasteiger partial charge in [0, 0.05) is 0 Å². The van der Waals surface area contributed by atoms with Crippen molar-refractivity contribution in [3.05, 3.63) is 24.3 Å². The van der Waals surface area contributed by atoms with Crippen LogP contribution in [0.5, 0.6) is 0 Å². The van der Waals surface area contributed by atoms with Crippen molar-refractivity contribution >= 4 is 23.4 Å². The molecule has 1 aliphatic heterocycles. The SMILES string of the molecule is CSc1nc2n(n1)-c1ccccc1NC1(CCCC1)N2. The molecule has 104 valence electrons. The van der Waals surface area contributed by atoms with Gasteiger partial charge in [-0.15, -0.1) is 5.10 Å². The molecule has 1 fully saturated rings. The molecule has 4 rings (SSSR count). The molecule has 1 aromatic heterocycles. The van der Waals surface area contributed by atoms with Crippen molar-refractivity contribution in [1.82, 2.24) is 14.8 Å². The molecule has 1 aliphatic carbocycles. The van der Waals surface area contributed by atoms with E-state index in [9.17, 15) is 0 Å². The average molecular weight is 287 g/mol. The number of thioether (sulfide) groups is 1. The van der Waals surface area contributed by atoms with Crippen LogP contribution in [-0.2, 0) is 0 Å². The van der Waals surface area contributed by atoms with E-state index in [1.165, 1.54) is 12.8 Å². The molecule has 1 aromatic carbocycles. The van der Waals surface area contributed by atoms with Crippen molar-refractivity contribution in [3.63, 3.8) is 0 Å². The zero-order valence-corrected chi connectivity index (χ0v) is 12.2. The summed E-state index contributed by atoms with van der Waals surface area (Å²) in [4.78, 5) is 4.61. The topological polar surface area (TPSA) is 54.8 Å². The third-order valence-corrected chi connectivity index (χ3v) is 4.62. The van der Waals surface area contributed by atoms with Crippen molar-refractivity contribution in [2.24, 2.45) is 0 Å². The van der Waals surface area contributed by atoms with Crippen molar-refractivity contribution in [3.8, 4) is 5.69 Å². The van der Waals surface area contributed by atoms with Crippen LogP contribution in [0.2, 0.25) is 0 Å². The Hall–Kier alpha value is -1.69. The normalized spacial score (nSPS) is 18.9. The predicted octanol–water partition coefficient (Wildman–Crippen LogP) is 3.10. The Balaban J connectivity index is 1.91. The van der Waals surface area contributed by atoms with Gasteiger partial charge in [-0.05, 0) is 44.1 Å². The second-order valence-corrected chi connectivity index (χ2v) is 6.16. The third-order valence-electron chi connectivity index (χ3n) is 4.08. The second-order valence-electron chi connectivity index (χ2n) is 5.39. The fourth-order valence-corrected chi connectivity index (χ4v) is 3.47. The molecule has 0 bridgehead atoms. The number of nitrogens with one attached hydrogen (secondary N) is 2. The van der Waals surface area contributed by atoms with E-state index in [-0.39, 0.29) is 5.66 Å². The summed E-state index contributed by atoms with van der Waals surface area (Å²) in [5.74, 6) is 0.841. The standard InChI is InChI=1S/C14H17N5S/c1-20-13-15-12-17-14(8-4-5-9-14)16-10-6-2-3-7-11(10)19(12)18-13/h2-3,6-7,16H,4-5,8-9H2,1H3,(H,15,17,18). The highest BCUT2D eigenvalue weighted by molar-refractivity contribution is 7.98. The number of benzene rings is 1. The van der Waals surface area contributed by atoms with Gasteiger partial charge in [-0.25, -0.2) is 0 Å². The lowest BCUT2D eigenvalue weighted by atomic mass is 10.1. The number of fused-ring (bicyclic) bond motifs is 3. The maximum atomic E-state index is 4.61. The average Bonchev–Trinajstić information content (AvgIpc) is 3.04. The van der Waals surface area contributed by atoms with Crippen LogP contribution >= 0.6 is 11.8 Å². The largest absolute Gasteiger partial charge is 0.361 e. The van der Waals surface area contributed by atoms with Crippen LogP contribution in [-0.4, -0.2) is 26.7 Å². The van der Waals surface area contributed by atoms with Gasteiger partial charge in [0.1, 0.15) is 5.66 Å². The van der Waals surface area contributed by atoms with Gasteiger partial charge in [0.15, 0.2) is 0 Å². The minimum atomic E-state index is -0.0763. The Morgan fingerprint density at radius 3 is 2.80 bits per heavy atom. The third kappa shape index (κ3) is 1.78. The van der Waals surface area contributed by atoms with Gasteiger partial charge in [-0.2, -0.15) is 9.67 Å². The first-order valence-electron chi connectivity index (χ1n) is 6.96. The Morgan fingerprint density at radius 1 is 1.20 bits per heavy atom. The maximum Gasteiger partial charge on any atom is 0.228 e. The molecule has 0 atom stereocenters. The van der Waals surface area contributed by atoms with E-state index < -0.39 is 0 Å². The Morgan fingerprint density at radius 2 is 2.00 bits per heavy atom. The molecule has 2 N–H and O–H groups in total. The maximum absolute atomic E-state index is 4.61. The summed E-state index contributed by atoms with van der Waals surface area (Å²) in [5.41, 5.74) is 2.11. The van der Waals surface area contributed by atoms with Gasteiger partial charge < -0.3 is 10.6 Å². The molecule has 0 amide bonds. The number of rotatable bonds is 1. The summed E-state index contributed by atoms with van der Waals surface area (Å²) in [6.07, 6.45) is 6.72. The fraction of sp³-hybridized carbons (Fsp3) is 0.429. The summed E-state index contributed by atoms with van der Waals surface area (Å²) in [6, 6.07) is 8.30.